The van der Waals surface area contributed by atoms with Gasteiger partial charge in [0.15, 0.2) is 23.1 Å². The summed E-state index contributed by atoms with van der Waals surface area (Å²) < 4.78 is 10.3. The molecule has 118 valence electrons. The van der Waals surface area contributed by atoms with E-state index >= 15 is 0 Å². The molecular weight excluding hydrogens is 314 g/mol. The number of nitro benzene ring substituents is 1. The Bertz CT molecular complexity index is 923. The maximum absolute atomic E-state index is 12.4. The van der Waals surface area contributed by atoms with Crippen LogP contribution < -0.4 is 9.47 Å². The van der Waals surface area contributed by atoms with Crippen molar-refractivity contribution >= 4 is 23.3 Å². The Labute approximate surface area is 135 Å². The van der Waals surface area contributed by atoms with Crippen molar-refractivity contribution in [2.75, 3.05) is 6.79 Å². The molecule has 0 fully saturated rings. The SMILES string of the molecule is O=C1C(=Cc2cc3c(cc2[N+](=O)[O-])OCO3)C(=O)c2ccccc21. The van der Waals surface area contributed by atoms with Crippen LogP contribution in [0.3, 0.4) is 0 Å². The number of Topliss-reactive ketones (excluding diaryl/α,β-unsaturated/α-hetero) is 2. The number of nitro groups is 1. The minimum absolute atomic E-state index is 0.0319. The van der Waals surface area contributed by atoms with Crippen LogP contribution in [0, 0.1) is 10.1 Å². The molecule has 2 aromatic carbocycles. The molecule has 0 spiro atoms. The summed E-state index contributed by atoms with van der Waals surface area (Å²) in [5, 5.41) is 11.3. The van der Waals surface area contributed by atoms with E-state index in [4.69, 9.17) is 9.47 Å². The zero-order valence-electron chi connectivity index (χ0n) is 12.1. The van der Waals surface area contributed by atoms with Crippen LogP contribution in [0.4, 0.5) is 5.69 Å². The molecular formula is C17H9NO6. The fourth-order valence-electron chi connectivity index (χ4n) is 2.78. The standard InChI is InChI=1S/C17H9NO6/c19-16-10-3-1-2-4-11(10)17(20)12(16)5-9-6-14-15(24-8-23-14)7-13(9)18(21)22/h1-7H,8H2. The van der Waals surface area contributed by atoms with Crippen molar-refractivity contribution < 1.29 is 24.0 Å². The number of hydrogen-bond donors (Lipinski definition) is 0. The van der Waals surface area contributed by atoms with Gasteiger partial charge in [-0.2, -0.15) is 0 Å². The maximum Gasteiger partial charge on any atom is 0.280 e. The maximum atomic E-state index is 12.4. The topological polar surface area (TPSA) is 95.7 Å². The predicted molar refractivity (Wildman–Crippen MR) is 82.3 cm³/mol. The van der Waals surface area contributed by atoms with Gasteiger partial charge in [-0.1, -0.05) is 24.3 Å². The molecule has 7 heteroatoms. The molecule has 1 aliphatic heterocycles. The second-order valence-corrected chi connectivity index (χ2v) is 5.28. The quantitative estimate of drug-likeness (QED) is 0.365. The van der Waals surface area contributed by atoms with Gasteiger partial charge in [-0.15, -0.1) is 0 Å². The Hall–Kier alpha value is -3.48. The molecule has 0 radical (unpaired) electrons. The highest BCUT2D eigenvalue weighted by atomic mass is 16.7. The fraction of sp³-hybridized carbons (Fsp3) is 0.0588. The second kappa shape index (κ2) is 5.02. The second-order valence-electron chi connectivity index (χ2n) is 5.28. The van der Waals surface area contributed by atoms with E-state index in [0.717, 1.165) is 0 Å². The van der Waals surface area contributed by atoms with Gasteiger partial charge in [0.25, 0.3) is 5.69 Å². The third-order valence-electron chi connectivity index (χ3n) is 3.92. The summed E-state index contributed by atoms with van der Waals surface area (Å²) in [7, 11) is 0. The van der Waals surface area contributed by atoms with Crippen molar-refractivity contribution in [3.05, 3.63) is 68.8 Å². The third kappa shape index (κ3) is 1.98. The highest BCUT2D eigenvalue weighted by Gasteiger charge is 2.33. The van der Waals surface area contributed by atoms with Crippen molar-refractivity contribution in [3.63, 3.8) is 0 Å². The summed E-state index contributed by atoms with van der Waals surface area (Å²) in [6.07, 6.45) is 1.24. The number of carbonyl (C=O) groups excluding carboxylic acids is 2. The first-order valence-corrected chi connectivity index (χ1v) is 7.04. The first-order chi connectivity index (χ1) is 11.6. The zero-order valence-corrected chi connectivity index (χ0v) is 12.1. The van der Waals surface area contributed by atoms with E-state index in [1.807, 2.05) is 0 Å². The van der Waals surface area contributed by atoms with Gasteiger partial charge in [0.05, 0.1) is 22.1 Å². The Kier molecular flexibility index (Phi) is 2.96. The predicted octanol–water partition coefficient (Wildman–Crippen LogP) is 2.79. The largest absolute Gasteiger partial charge is 0.454 e. The average Bonchev–Trinajstić information content (AvgIpc) is 3.13. The molecule has 0 atom stereocenters. The van der Waals surface area contributed by atoms with Crippen LogP contribution in [0.15, 0.2) is 42.0 Å². The smallest absolute Gasteiger partial charge is 0.280 e. The highest BCUT2D eigenvalue weighted by Crippen LogP contribution is 2.39. The molecule has 0 saturated carbocycles. The van der Waals surface area contributed by atoms with Gasteiger partial charge < -0.3 is 9.47 Å². The van der Waals surface area contributed by atoms with Gasteiger partial charge in [0.2, 0.25) is 6.79 Å². The first-order valence-electron chi connectivity index (χ1n) is 7.04. The van der Waals surface area contributed by atoms with Gasteiger partial charge in [-0.3, -0.25) is 19.7 Å². The number of rotatable bonds is 2. The zero-order chi connectivity index (χ0) is 16.8. The number of ketones is 2. The minimum Gasteiger partial charge on any atom is -0.454 e. The molecule has 0 amide bonds. The van der Waals surface area contributed by atoms with E-state index in [2.05, 4.69) is 0 Å². The van der Waals surface area contributed by atoms with Gasteiger partial charge in [-0.25, -0.2) is 0 Å². The van der Waals surface area contributed by atoms with E-state index in [-0.39, 0.29) is 29.4 Å². The Morgan fingerprint density at radius 2 is 1.58 bits per heavy atom. The van der Waals surface area contributed by atoms with Crippen LogP contribution in [0.1, 0.15) is 26.3 Å². The summed E-state index contributed by atoms with van der Waals surface area (Å²) in [6.45, 7) is -0.0319. The number of nitrogens with zero attached hydrogens (tertiary/aromatic N) is 1. The Morgan fingerprint density at radius 1 is 1.00 bits per heavy atom. The van der Waals surface area contributed by atoms with Crippen LogP contribution >= 0.6 is 0 Å². The van der Waals surface area contributed by atoms with Crippen molar-refractivity contribution in [2.24, 2.45) is 0 Å². The molecule has 0 saturated heterocycles. The first kappa shape index (κ1) is 14.1. The lowest BCUT2D eigenvalue weighted by Gasteiger charge is -2.02. The van der Waals surface area contributed by atoms with E-state index in [1.54, 1.807) is 24.3 Å². The van der Waals surface area contributed by atoms with Crippen molar-refractivity contribution in [1.82, 2.24) is 0 Å². The van der Waals surface area contributed by atoms with E-state index in [9.17, 15) is 19.7 Å². The number of fused-ring (bicyclic) bond motifs is 2. The molecule has 1 heterocycles. The van der Waals surface area contributed by atoms with Crippen molar-refractivity contribution in [1.29, 1.82) is 0 Å². The van der Waals surface area contributed by atoms with E-state index < -0.39 is 16.5 Å². The molecule has 2 aliphatic rings. The van der Waals surface area contributed by atoms with E-state index in [1.165, 1.54) is 18.2 Å². The molecule has 4 rings (SSSR count). The Balaban J connectivity index is 1.87. The summed E-state index contributed by atoms with van der Waals surface area (Å²) >= 11 is 0. The van der Waals surface area contributed by atoms with Gasteiger partial charge in [0.1, 0.15) is 0 Å². The lowest BCUT2D eigenvalue weighted by atomic mass is 10.0. The van der Waals surface area contributed by atoms with Crippen molar-refractivity contribution in [3.8, 4) is 11.5 Å². The molecule has 2 aromatic rings. The minimum atomic E-state index is -0.592. The summed E-state index contributed by atoms with van der Waals surface area (Å²) in [6, 6.07) is 9.07. The molecule has 1 aliphatic carbocycles. The highest BCUT2D eigenvalue weighted by molar-refractivity contribution is 6.41. The van der Waals surface area contributed by atoms with Crippen LogP contribution in [0.5, 0.6) is 11.5 Å². The lowest BCUT2D eigenvalue weighted by Crippen LogP contribution is -2.01. The summed E-state index contributed by atoms with van der Waals surface area (Å²) in [5.41, 5.74) is 0.365. The number of benzene rings is 2. The molecule has 0 N–H and O–H groups in total. The lowest BCUT2D eigenvalue weighted by molar-refractivity contribution is -0.385. The van der Waals surface area contributed by atoms with Crippen LogP contribution in [0.25, 0.3) is 6.08 Å². The van der Waals surface area contributed by atoms with Gasteiger partial charge in [-0.05, 0) is 12.1 Å². The van der Waals surface area contributed by atoms with Crippen LogP contribution in [-0.4, -0.2) is 23.3 Å². The molecule has 0 bridgehead atoms. The van der Waals surface area contributed by atoms with Gasteiger partial charge in [0, 0.05) is 11.1 Å². The molecule has 0 aromatic heterocycles. The summed E-state index contributed by atoms with van der Waals surface area (Å²) in [5.74, 6) is -0.288. The number of ether oxygens (including phenoxy) is 2. The number of carbonyl (C=O) groups is 2. The Morgan fingerprint density at radius 3 is 2.17 bits per heavy atom. The molecule has 7 nitrogen and oxygen atoms in total. The summed E-state index contributed by atoms with van der Waals surface area (Å²) in [4.78, 5) is 35.5. The number of hydrogen-bond acceptors (Lipinski definition) is 6. The van der Waals surface area contributed by atoms with Crippen LogP contribution in [0.2, 0.25) is 0 Å². The average molecular weight is 323 g/mol. The third-order valence-corrected chi connectivity index (χ3v) is 3.92. The molecule has 0 unspecified atom stereocenters. The van der Waals surface area contributed by atoms with E-state index in [0.29, 0.717) is 16.9 Å². The number of allylic oxidation sites excluding steroid dienone is 1. The fourth-order valence-corrected chi connectivity index (χ4v) is 2.78. The molecule has 24 heavy (non-hydrogen) atoms. The normalized spacial score (nSPS) is 14.8. The van der Waals surface area contributed by atoms with Crippen molar-refractivity contribution in [2.45, 2.75) is 0 Å². The van der Waals surface area contributed by atoms with Gasteiger partial charge >= 0.3 is 0 Å². The monoisotopic (exact) mass is 323 g/mol. The van der Waals surface area contributed by atoms with Crippen LogP contribution in [-0.2, 0) is 0 Å².